The van der Waals surface area contributed by atoms with Gasteiger partial charge in [0.05, 0.1) is 6.26 Å². The number of sulfonamides is 2. The van der Waals surface area contributed by atoms with Gasteiger partial charge in [-0.3, -0.25) is 9.59 Å². The van der Waals surface area contributed by atoms with Gasteiger partial charge in [-0.1, -0.05) is 33.6 Å². The van der Waals surface area contributed by atoms with Crippen LogP contribution < -0.4 is 10.0 Å². The Morgan fingerprint density at radius 3 is 2.57 bits per heavy atom. The molecule has 13 heteroatoms. The van der Waals surface area contributed by atoms with Crippen molar-refractivity contribution in [2.24, 2.45) is 21.6 Å². The third kappa shape index (κ3) is 5.47. The second-order valence-corrected chi connectivity index (χ2v) is 15.0. The zero-order chi connectivity index (χ0) is 25.8. The third-order valence-electron chi connectivity index (χ3n) is 6.75. The smallest absolute Gasteiger partial charge is 0.287 e. The highest BCUT2D eigenvalue weighted by atomic mass is 32.2. The first-order valence-corrected chi connectivity index (χ1v) is 15.9. The summed E-state index contributed by atoms with van der Waals surface area (Å²) in [5.74, 6) is -2.47. The lowest BCUT2D eigenvalue weighted by Gasteiger charge is -2.46. The summed E-state index contributed by atoms with van der Waals surface area (Å²) in [4.78, 5) is 28.8. The molecule has 4 rings (SSSR count). The van der Waals surface area contributed by atoms with Crippen LogP contribution in [0.4, 0.5) is 5.00 Å². The van der Waals surface area contributed by atoms with Gasteiger partial charge in [-0.05, 0) is 30.1 Å². The highest BCUT2D eigenvalue weighted by Crippen LogP contribution is 2.41. The van der Waals surface area contributed by atoms with Gasteiger partial charge in [0, 0.05) is 30.6 Å². The lowest BCUT2D eigenvalue weighted by Crippen LogP contribution is -2.61. The molecule has 1 aliphatic carbocycles. The first-order valence-electron chi connectivity index (χ1n) is 11.7. The van der Waals surface area contributed by atoms with E-state index in [4.69, 9.17) is 0 Å². The predicted octanol–water partition coefficient (Wildman–Crippen LogP) is 2.33. The quantitative estimate of drug-likeness (QED) is 0.524. The molecule has 2 N–H and O–H groups in total. The zero-order valence-corrected chi connectivity index (χ0v) is 22.8. The van der Waals surface area contributed by atoms with Crippen molar-refractivity contribution in [3.05, 3.63) is 10.9 Å². The van der Waals surface area contributed by atoms with Crippen LogP contribution in [0.5, 0.6) is 0 Å². The fourth-order valence-corrected chi connectivity index (χ4v) is 8.05. The molecule has 1 amide bonds. The minimum absolute atomic E-state index is 0.00633. The summed E-state index contributed by atoms with van der Waals surface area (Å²) in [5, 5.41) is 4.69. The van der Waals surface area contributed by atoms with Crippen LogP contribution in [0.25, 0.3) is 0 Å². The van der Waals surface area contributed by atoms with E-state index in [1.165, 1.54) is 5.38 Å². The van der Waals surface area contributed by atoms with E-state index in [9.17, 15) is 26.4 Å². The number of nitrogens with one attached hydrogen (secondary N) is 2. The van der Waals surface area contributed by atoms with E-state index in [-0.39, 0.29) is 51.0 Å². The number of amides is 1. The molecule has 3 atom stereocenters. The van der Waals surface area contributed by atoms with E-state index in [2.05, 4.69) is 35.2 Å². The van der Waals surface area contributed by atoms with Crippen molar-refractivity contribution < 1.29 is 26.4 Å². The summed E-state index contributed by atoms with van der Waals surface area (Å²) in [6.45, 7) is 6.57. The number of rotatable bonds is 6. The first kappa shape index (κ1) is 26.2. The van der Waals surface area contributed by atoms with Crippen LogP contribution in [0.3, 0.4) is 0 Å². The van der Waals surface area contributed by atoms with Gasteiger partial charge in [0.1, 0.15) is 15.7 Å². The standard InChI is InChI=1S/C22H32N4O6S3/c1-22(2,3)9-10-26-15-8-6-5-7-14(15)17(27)16(21(26)28)19-24-20-18(35(31,32)25-19)13(12-33-20)11-23-34(4,29)30/h12,14-16,23H,5-11H2,1-4H3,(H,24,25)/t14-,15+,16?/m0/s1. The average Bonchev–Trinajstić information content (AvgIpc) is 3.15. The van der Waals surface area contributed by atoms with Gasteiger partial charge >= 0.3 is 0 Å². The Kier molecular flexibility index (Phi) is 6.92. The second kappa shape index (κ2) is 9.24. The Morgan fingerprint density at radius 1 is 1.23 bits per heavy atom. The molecule has 0 bridgehead atoms. The monoisotopic (exact) mass is 544 g/mol. The van der Waals surface area contributed by atoms with Crippen molar-refractivity contribution >= 4 is 53.9 Å². The first-order chi connectivity index (χ1) is 16.2. The number of piperidine rings is 1. The molecule has 1 aromatic rings. The van der Waals surface area contributed by atoms with Gasteiger partial charge in [-0.25, -0.2) is 13.1 Å². The molecule has 194 valence electrons. The molecule has 1 saturated carbocycles. The summed E-state index contributed by atoms with van der Waals surface area (Å²) in [5.41, 5.74) is 0.249. The van der Waals surface area contributed by atoms with E-state index in [0.717, 1.165) is 43.3 Å². The number of hydrogen-bond donors (Lipinski definition) is 2. The van der Waals surface area contributed by atoms with Gasteiger partial charge in [-0.2, -0.15) is 8.42 Å². The second-order valence-electron chi connectivity index (χ2n) is 10.7. The fraction of sp³-hybridized carbons (Fsp3) is 0.682. The number of ketones is 1. The van der Waals surface area contributed by atoms with E-state index in [1.54, 1.807) is 4.90 Å². The molecular weight excluding hydrogens is 512 g/mol. The zero-order valence-electron chi connectivity index (χ0n) is 20.3. The highest BCUT2D eigenvalue weighted by Gasteiger charge is 2.51. The molecule has 0 aromatic carbocycles. The van der Waals surface area contributed by atoms with Gasteiger partial charge in [0.2, 0.25) is 15.9 Å². The number of carbonyl (C=O) groups excluding carboxylic acids is 2. The predicted molar refractivity (Wildman–Crippen MR) is 134 cm³/mol. The maximum absolute atomic E-state index is 13.7. The minimum Gasteiger partial charge on any atom is -0.338 e. The topological polar surface area (TPSA) is 142 Å². The lowest BCUT2D eigenvalue weighted by atomic mass is 9.73. The molecule has 1 saturated heterocycles. The number of thiophene rings is 1. The Bertz CT molecular complexity index is 1280. The summed E-state index contributed by atoms with van der Waals surface area (Å²) in [7, 11) is -7.78. The van der Waals surface area contributed by atoms with Gasteiger partial charge < -0.3 is 10.2 Å². The number of amidine groups is 1. The maximum atomic E-state index is 13.7. The van der Waals surface area contributed by atoms with Crippen LogP contribution in [0, 0.1) is 17.3 Å². The molecule has 35 heavy (non-hydrogen) atoms. The van der Waals surface area contributed by atoms with Crippen LogP contribution in [0.1, 0.15) is 58.4 Å². The SMILES string of the molecule is CC(C)(C)CCN1C(=O)C(C2=NS(=O)(=O)c3c(CNS(C)(=O)=O)csc3N2)C(=O)[C@H]2CCCC[C@H]21. The number of Topliss-reactive ketones (excluding diaryl/α,β-unsaturated/α-hetero) is 1. The number of anilines is 1. The highest BCUT2D eigenvalue weighted by molar-refractivity contribution is 7.91. The number of nitrogens with zero attached hydrogens (tertiary/aromatic N) is 2. The van der Waals surface area contributed by atoms with E-state index in [0.29, 0.717) is 13.0 Å². The van der Waals surface area contributed by atoms with Crippen molar-refractivity contribution in [3.63, 3.8) is 0 Å². The summed E-state index contributed by atoms with van der Waals surface area (Å²) in [6, 6.07) is -0.158. The van der Waals surface area contributed by atoms with Gasteiger partial charge in [-0.15, -0.1) is 15.7 Å². The average molecular weight is 545 g/mol. The van der Waals surface area contributed by atoms with Crippen molar-refractivity contribution in [3.8, 4) is 0 Å². The van der Waals surface area contributed by atoms with Crippen LogP contribution in [-0.2, 0) is 36.2 Å². The lowest BCUT2D eigenvalue weighted by molar-refractivity contribution is -0.152. The Labute approximate surface area is 210 Å². The maximum Gasteiger partial charge on any atom is 0.287 e. The third-order valence-corrected chi connectivity index (χ3v) is 9.91. The molecule has 2 aliphatic heterocycles. The Balaban J connectivity index is 1.67. The van der Waals surface area contributed by atoms with Gasteiger partial charge in [0.25, 0.3) is 10.0 Å². The molecule has 0 radical (unpaired) electrons. The van der Waals surface area contributed by atoms with Crippen LogP contribution in [-0.4, -0.2) is 58.1 Å². The Morgan fingerprint density at radius 2 is 1.91 bits per heavy atom. The fourth-order valence-electron chi connectivity index (χ4n) is 4.99. The molecule has 3 aliphatic rings. The largest absolute Gasteiger partial charge is 0.338 e. The molecule has 1 aromatic heterocycles. The molecule has 0 spiro atoms. The normalized spacial score (nSPS) is 26.6. The summed E-state index contributed by atoms with van der Waals surface area (Å²) >= 11 is 1.07. The Hall–Kier alpha value is -1.83. The molecule has 2 fully saturated rings. The molecule has 10 nitrogen and oxygen atoms in total. The van der Waals surface area contributed by atoms with Crippen LogP contribution >= 0.6 is 11.3 Å². The van der Waals surface area contributed by atoms with Crippen molar-refractivity contribution in [2.45, 2.75) is 70.4 Å². The number of likely N-dealkylation sites (tertiary alicyclic amines) is 1. The summed E-state index contributed by atoms with van der Waals surface area (Å²) in [6.07, 6.45) is 5.03. The number of fused-ring (bicyclic) bond motifs is 2. The van der Waals surface area contributed by atoms with E-state index < -0.39 is 31.9 Å². The molecular formula is C22H32N4O6S3. The van der Waals surface area contributed by atoms with Crippen molar-refractivity contribution in [2.75, 3.05) is 18.1 Å². The number of hydrogen-bond acceptors (Lipinski definition) is 8. The van der Waals surface area contributed by atoms with Crippen molar-refractivity contribution in [1.29, 1.82) is 0 Å². The molecule has 1 unspecified atom stereocenters. The van der Waals surface area contributed by atoms with Crippen LogP contribution in [0.2, 0.25) is 0 Å². The summed E-state index contributed by atoms with van der Waals surface area (Å²) < 4.78 is 55.4. The van der Waals surface area contributed by atoms with Gasteiger partial charge in [0.15, 0.2) is 11.7 Å². The van der Waals surface area contributed by atoms with E-state index in [1.807, 2.05) is 0 Å². The van der Waals surface area contributed by atoms with E-state index >= 15 is 0 Å². The van der Waals surface area contributed by atoms with Crippen molar-refractivity contribution in [1.82, 2.24) is 9.62 Å². The minimum atomic E-state index is -4.25. The molecule has 3 heterocycles. The number of carbonyl (C=O) groups is 2. The van der Waals surface area contributed by atoms with Crippen LogP contribution in [0.15, 0.2) is 14.7 Å².